The van der Waals surface area contributed by atoms with Crippen LogP contribution in [0.4, 0.5) is 5.69 Å². The monoisotopic (exact) mass is 476 g/mol. The van der Waals surface area contributed by atoms with Gasteiger partial charge < -0.3 is 0 Å². The van der Waals surface area contributed by atoms with Gasteiger partial charge in [-0.3, -0.25) is 4.72 Å². The normalized spacial score (nSPS) is 18.5. The maximum absolute atomic E-state index is 13.0. The molecule has 29 heavy (non-hydrogen) atoms. The third-order valence-corrected chi connectivity index (χ3v) is 9.00. The van der Waals surface area contributed by atoms with E-state index in [0.29, 0.717) is 6.54 Å². The van der Waals surface area contributed by atoms with Gasteiger partial charge in [-0.05, 0) is 61.7 Å². The Labute approximate surface area is 181 Å². The molecule has 0 aliphatic carbocycles. The molecule has 0 spiro atoms. The van der Waals surface area contributed by atoms with Crippen LogP contribution < -0.4 is 4.72 Å². The van der Waals surface area contributed by atoms with E-state index in [1.54, 1.807) is 4.31 Å². The second-order valence-electron chi connectivity index (χ2n) is 6.88. The first-order chi connectivity index (χ1) is 13.6. The number of hydrogen-bond donors (Lipinski definition) is 1. The lowest BCUT2D eigenvalue weighted by Crippen LogP contribution is -2.43. The molecule has 1 atom stereocenters. The van der Waals surface area contributed by atoms with Gasteiger partial charge in [0.15, 0.2) is 0 Å². The average molecular weight is 477 g/mol. The van der Waals surface area contributed by atoms with Gasteiger partial charge in [0.2, 0.25) is 10.0 Å². The minimum atomic E-state index is -3.97. The molecule has 1 saturated heterocycles. The van der Waals surface area contributed by atoms with Crippen molar-refractivity contribution in [2.75, 3.05) is 11.3 Å². The Bertz CT molecular complexity index is 1090. The Morgan fingerprint density at radius 1 is 1.03 bits per heavy atom. The molecule has 158 valence electrons. The zero-order chi connectivity index (χ0) is 21.2. The molecule has 1 unspecified atom stereocenters. The summed E-state index contributed by atoms with van der Waals surface area (Å²) in [5.41, 5.74) is 0.227. The molecule has 1 aliphatic heterocycles. The molecule has 0 bridgehead atoms. The van der Waals surface area contributed by atoms with Gasteiger partial charge in [-0.1, -0.05) is 36.5 Å². The Kier molecular flexibility index (Phi) is 6.80. The molecule has 0 radical (unpaired) electrons. The van der Waals surface area contributed by atoms with Gasteiger partial charge in [0.25, 0.3) is 10.0 Å². The SMILES string of the molecule is CCC1CCCCN1S(=O)(=O)c1ccc(NS(=O)(=O)c2cc(Cl)ccc2Cl)cc1. The fourth-order valence-corrected chi connectivity index (χ4v) is 7.01. The predicted octanol–water partition coefficient (Wildman–Crippen LogP) is 4.75. The first-order valence-corrected chi connectivity index (χ1v) is 12.9. The summed E-state index contributed by atoms with van der Waals surface area (Å²) < 4.78 is 55.2. The van der Waals surface area contributed by atoms with Crippen molar-refractivity contribution in [2.24, 2.45) is 0 Å². The van der Waals surface area contributed by atoms with Gasteiger partial charge in [0.1, 0.15) is 4.90 Å². The topological polar surface area (TPSA) is 83.6 Å². The molecular weight excluding hydrogens is 455 g/mol. The first kappa shape index (κ1) is 22.4. The van der Waals surface area contributed by atoms with E-state index in [1.807, 2.05) is 6.92 Å². The van der Waals surface area contributed by atoms with Crippen LogP contribution in [0.1, 0.15) is 32.6 Å². The average Bonchev–Trinajstić information content (AvgIpc) is 2.69. The predicted molar refractivity (Wildman–Crippen MR) is 116 cm³/mol. The smallest absolute Gasteiger partial charge is 0.263 e. The maximum atomic E-state index is 13.0. The molecule has 1 heterocycles. The molecule has 0 amide bonds. The Morgan fingerprint density at radius 2 is 1.72 bits per heavy atom. The fraction of sp³-hybridized carbons (Fsp3) is 0.368. The summed E-state index contributed by atoms with van der Waals surface area (Å²) in [4.78, 5) is -0.0101. The highest BCUT2D eigenvalue weighted by Crippen LogP contribution is 2.29. The highest BCUT2D eigenvalue weighted by Gasteiger charge is 2.32. The van der Waals surface area contributed by atoms with E-state index in [0.717, 1.165) is 25.7 Å². The Hall–Kier alpha value is -1.32. The molecule has 6 nitrogen and oxygen atoms in total. The van der Waals surface area contributed by atoms with Crippen molar-refractivity contribution >= 4 is 48.9 Å². The highest BCUT2D eigenvalue weighted by molar-refractivity contribution is 7.92. The van der Waals surface area contributed by atoms with Gasteiger partial charge in [0.05, 0.1) is 9.92 Å². The number of rotatable bonds is 6. The lowest BCUT2D eigenvalue weighted by Gasteiger charge is -2.34. The van der Waals surface area contributed by atoms with Crippen LogP contribution >= 0.6 is 23.2 Å². The first-order valence-electron chi connectivity index (χ1n) is 9.25. The van der Waals surface area contributed by atoms with Crippen LogP contribution in [0.3, 0.4) is 0 Å². The molecular formula is C19H22Cl2N2O4S2. The van der Waals surface area contributed by atoms with Crippen LogP contribution in [0.15, 0.2) is 52.3 Å². The number of anilines is 1. The zero-order valence-corrected chi connectivity index (χ0v) is 19.0. The zero-order valence-electron chi connectivity index (χ0n) is 15.8. The Morgan fingerprint density at radius 3 is 2.38 bits per heavy atom. The van der Waals surface area contributed by atoms with Crippen LogP contribution in [0, 0.1) is 0 Å². The van der Waals surface area contributed by atoms with E-state index in [4.69, 9.17) is 23.2 Å². The van der Waals surface area contributed by atoms with Crippen LogP contribution in [0.5, 0.6) is 0 Å². The number of sulfonamides is 2. The summed E-state index contributed by atoms with van der Waals surface area (Å²) in [6.45, 7) is 2.49. The van der Waals surface area contributed by atoms with E-state index >= 15 is 0 Å². The van der Waals surface area contributed by atoms with E-state index in [2.05, 4.69) is 4.72 Å². The number of nitrogens with one attached hydrogen (secondary N) is 1. The standard InChI is InChI=1S/C19H22Cl2N2O4S2/c1-2-16-5-3-4-12-23(16)29(26,27)17-9-7-15(8-10-17)22-28(24,25)19-13-14(20)6-11-18(19)21/h6-11,13,16,22H,2-5,12H2,1H3. The largest absolute Gasteiger partial charge is 0.280 e. The lowest BCUT2D eigenvalue weighted by molar-refractivity contribution is 0.246. The summed E-state index contributed by atoms with van der Waals surface area (Å²) in [5.74, 6) is 0. The number of halogens is 2. The molecule has 2 aromatic rings. The number of piperidine rings is 1. The number of benzene rings is 2. The highest BCUT2D eigenvalue weighted by atomic mass is 35.5. The van der Waals surface area contributed by atoms with Crippen LogP contribution in [0.2, 0.25) is 10.0 Å². The molecule has 0 aromatic heterocycles. The van der Waals surface area contributed by atoms with Crippen LogP contribution in [-0.4, -0.2) is 33.7 Å². The third kappa shape index (κ3) is 4.88. The summed E-state index contributed by atoms with van der Waals surface area (Å²) in [6.07, 6.45) is 3.48. The molecule has 10 heteroatoms. The van der Waals surface area contributed by atoms with Gasteiger partial charge in [-0.2, -0.15) is 4.31 Å². The van der Waals surface area contributed by atoms with Gasteiger partial charge >= 0.3 is 0 Å². The van der Waals surface area contributed by atoms with Crippen molar-refractivity contribution in [3.8, 4) is 0 Å². The van der Waals surface area contributed by atoms with E-state index in [-0.39, 0.29) is 31.6 Å². The van der Waals surface area contributed by atoms with Gasteiger partial charge in [0, 0.05) is 23.3 Å². The molecule has 1 aliphatic rings. The molecule has 1 N–H and O–H groups in total. The van der Waals surface area contributed by atoms with Crippen molar-refractivity contribution in [3.63, 3.8) is 0 Å². The summed E-state index contributed by atoms with van der Waals surface area (Å²) in [5, 5.41) is 0.278. The third-order valence-electron chi connectivity index (χ3n) is 4.94. The van der Waals surface area contributed by atoms with E-state index < -0.39 is 20.0 Å². The fourth-order valence-electron chi connectivity index (χ4n) is 3.42. The van der Waals surface area contributed by atoms with Crippen LogP contribution in [-0.2, 0) is 20.0 Å². The van der Waals surface area contributed by atoms with Gasteiger partial charge in [-0.15, -0.1) is 0 Å². The van der Waals surface area contributed by atoms with Crippen molar-refractivity contribution in [1.29, 1.82) is 0 Å². The molecule has 3 rings (SSSR count). The molecule has 2 aromatic carbocycles. The summed E-state index contributed by atoms with van der Waals surface area (Å²) >= 11 is 11.9. The van der Waals surface area contributed by atoms with Crippen molar-refractivity contribution in [3.05, 3.63) is 52.5 Å². The minimum Gasteiger partial charge on any atom is -0.280 e. The van der Waals surface area contributed by atoms with E-state index in [9.17, 15) is 16.8 Å². The quantitative estimate of drug-likeness (QED) is 0.651. The maximum Gasteiger partial charge on any atom is 0.263 e. The van der Waals surface area contributed by atoms with Crippen molar-refractivity contribution in [2.45, 2.75) is 48.4 Å². The van der Waals surface area contributed by atoms with Crippen molar-refractivity contribution < 1.29 is 16.8 Å². The second-order valence-corrected chi connectivity index (χ2v) is 11.3. The van der Waals surface area contributed by atoms with E-state index in [1.165, 1.54) is 42.5 Å². The van der Waals surface area contributed by atoms with Crippen molar-refractivity contribution in [1.82, 2.24) is 4.31 Å². The molecule has 1 fully saturated rings. The Balaban J connectivity index is 1.84. The molecule has 0 saturated carbocycles. The van der Waals surface area contributed by atoms with Crippen LogP contribution in [0.25, 0.3) is 0 Å². The number of nitrogens with zero attached hydrogens (tertiary/aromatic N) is 1. The number of hydrogen-bond acceptors (Lipinski definition) is 4. The lowest BCUT2D eigenvalue weighted by atomic mass is 10.0. The summed E-state index contributed by atoms with van der Waals surface area (Å²) in [7, 11) is -7.60. The minimum absolute atomic E-state index is 0.00287. The summed E-state index contributed by atoms with van der Waals surface area (Å²) in [6, 6.07) is 9.82. The van der Waals surface area contributed by atoms with Gasteiger partial charge in [-0.25, -0.2) is 16.8 Å². The second kappa shape index (κ2) is 8.81.